The van der Waals surface area contributed by atoms with Crippen molar-refractivity contribution in [2.75, 3.05) is 11.1 Å². The highest BCUT2D eigenvalue weighted by Gasteiger charge is 2.21. The van der Waals surface area contributed by atoms with Gasteiger partial charge in [-0.05, 0) is 61.0 Å². The number of H-pyrrole nitrogens is 3. The van der Waals surface area contributed by atoms with Crippen LogP contribution in [0.4, 0.5) is 11.4 Å². The molecule has 0 saturated carbocycles. The van der Waals surface area contributed by atoms with Crippen LogP contribution >= 0.6 is 0 Å². The summed E-state index contributed by atoms with van der Waals surface area (Å²) in [4.78, 5) is 35.8. The quantitative estimate of drug-likeness (QED) is 0.234. The highest BCUT2D eigenvalue weighted by atomic mass is 16.1. The van der Waals surface area contributed by atoms with Crippen LogP contribution in [0, 0.1) is 6.92 Å². The third-order valence-electron chi connectivity index (χ3n) is 5.84. The Morgan fingerprint density at radius 2 is 1.57 bits per heavy atom. The minimum absolute atomic E-state index is 0.126. The first-order valence-corrected chi connectivity index (χ1v) is 11.1. The predicted molar refractivity (Wildman–Crippen MR) is 138 cm³/mol. The molecule has 0 radical (unpaired) electrons. The lowest BCUT2D eigenvalue weighted by Gasteiger charge is -2.12. The number of nitrogens with two attached hydrogens (primary N) is 1. The average molecular weight is 463 g/mol. The maximum absolute atomic E-state index is 11.5. The van der Waals surface area contributed by atoms with Crippen LogP contribution in [0.25, 0.3) is 56.2 Å². The fraction of sp³-hybridized carbons (Fsp3) is 0.0769. The van der Waals surface area contributed by atoms with E-state index in [0.29, 0.717) is 23.0 Å². The number of nitrogens with zero attached hydrogens (tertiary/aromatic N) is 3. The summed E-state index contributed by atoms with van der Waals surface area (Å²) in [7, 11) is 0. The van der Waals surface area contributed by atoms with E-state index in [2.05, 4.69) is 37.4 Å². The van der Waals surface area contributed by atoms with Gasteiger partial charge in [-0.15, -0.1) is 0 Å². The van der Waals surface area contributed by atoms with E-state index in [1.165, 1.54) is 6.92 Å². The molecule has 0 unspecified atom stereocenters. The van der Waals surface area contributed by atoms with Crippen molar-refractivity contribution in [2.45, 2.75) is 13.8 Å². The summed E-state index contributed by atoms with van der Waals surface area (Å²) in [6, 6.07) is 15.4. The minimum atomic E-state index is -0.126. The molecular formula is C26H22N8O. The Balaban J connectivity index is 1.60. The summed E-state index contributed by atoms with van der Waals surface area (Å²) in [5.41, 5.74) is 14.3. The maximum Gasteiger partial charge on any atom is 0.221 e. The number of hydrogen-bond donors (Lipinski definition) is 5. The SMILES string of the molecule is CC(=O)Nc1ccc2nc(-c3cc(C)cc(-c4ncc[nH]4)c3-c3nc4ccc(N)cc4[nH]3)[nH]c2c1. The lowest BCUT2D eigenvalue weighted by atomic mass is 9.96. The fourth-order valence-electron chi connectivity index (χ4n) is 4.39. The average Bonchev–Trinajstić information content (AvgIpc) is 3.56. The number of nitrogen functional groups attached to an aromatic ring is 1. The highest BCUT2D eigenvalue weighted by Crippen LogP contribution is 2.39. The molecule has 3 aromatic heterocycles. The van der Waals surface area contributed by atoms with E-state index in [0.717, 1.165) is 50.1 Å². The number of rotatable bonds is 4. The van der Waals surface area contributed by atoms with Crippen molar-refractivity contribution in [1.82, 2.24) is 29.9 Å². The molecular weight excluding hydrogens is 440 g/mol. The Labute approximate surface area is 199 Å². The fourth-order valence-corrected chi connectivity index (χ4v) is 4.39. The van der Waals surface area contributed by atoms with Gasteiger partial charge < -0.3 is 26.0 Å². The third kappa shape index (κ3) is 3.68. The predicted octanol–water partition coefficient (Wildman–Crippen LogP) is 5.01. The minimum Gasteiger partial charge on any atom is -0.399 e. The molecule has 6 rings (SSSR count). The molecule has 3 heterocycles. The molecule has 9 heteroatoms. The monoisotopic (exact) mass is 462 g/mol. The number of anilines is 2. The van der Waals surface area contributed by atoms with E-state index >= 15 is 0 Å². The van der Waals surface area contributed by atoms with Crippen molar-refractivity contribution in [3.8, 4) is 34.2 Å². The van der Waals surface area contributed by atoms with Gasteiger partial charge in [-0.1, -0.05) is 0 Å². The van der Waals surface area contributed by atoms with Gasteiger partial charge in [-0.2, -0.15) is 0 Å². The van der Waals surface area contributed by atoms with Crippen LogP contribution in [-0.2, 0) is 4.79 Å². The van der Waals surface area contributed by atoms with Crippen LogP contribution in [0.15, 0.2) is 60.9 Å². The zero-order valence-corrected chi connectivity index (χ0v) is 19.1. The number of carbonyl (C=O) groups excluding carboxylic acids is 1. The van der Waals surface area contributed by atoms with Crippen molar-refractivity contribution in [3.63, 3.8) is 0 Å². The zero-order chi connectivity index (χ0) is 24.1. The zero-order valence-electron chi connectivity index (χ0n) is 19.1. The summed E-state index contributed by atoms with van der Waals surface area (Å²) in [5.74, 6) is 1.98. The molecule has 0 aliphatic rings. The number of aromatic nitrogens is 6. The van der Waals surface area contributed by atoms with Gasteiger partial charge in [-0.25, -0.2) is 15.0 Å². The van der Waals surface area contributed by atoms with E-state index in [1.807, 2.05) is 43.3 Å². The van der Waals surface area contributed by atoms with Crippen molar-refractivity contribution < 1.29 is 4.79 Å². The number of nitrogens with one attached hydrogen (secondary N) is 4. The first-order chi connectivity index (χ1) is 16.9. The summed E-state index contributed by atoms with van der Waals surface area (Å²) in [6.45, 7) is 3.52. The second-order valence-corrected chi connectivity index (χ2v) is 8.53. The lowest BCUT2D eigenvalue weighted by Crippen LogP contribution is -2.05. The van der Waals surface area contributed by atoms with Gasteiger partial charge in [-0.3, -0.25) is 4.79 Å². The number of carbonyl (C=O) groups is 1. The second kappa shape index (κ2) is 7.84. The molecule has 6 N–H and O–H groups in total. The summed E-state index contributed by atoms with van der Waals surface area (Å²) in [5, 5.41) is 2.82. The molecule has 6 aromatic rings. The smallest absolute Gasteiger partial charge is 0.221 e. The van der Waals surface area contributed by atoms with Crippen molar-refractivity contribution in [3.05, 3.63) is 66.5 Å². The van der Waals surface area contributed by atoms with E-state index in [-0.39, 0.29) is 5.91 Å². The molecule has 172 valence electrons. The van der Waals surface area contributed by atoms with E-state index in [9.17, 15) is 4.79 Å². The number of hydrogen-bond acceptors (Lipinski definition) is 5. The van der Waals surface area contributed by atoms with Crippen LogP contribution in [0.1, 0.15) is 12.5 Å². The second-order valence-electron chi connectivity index (χ2n) is 8.53. The van der Waals surface area contributed by atoms with Crippen molar-refractivity contribution >= 4 is 39.3 Å². The van der Waals surface area contributed by atoms with Crippen LogP contribution in [-0.4, -0.2) is 35.8 Å². The Kier molecular flexibility index (Phi) is 4.63. The molecule has 0 fully saturated rings. The van der Waals surface area contributed by atoms with Gasteiger partial charge in [0.25, 0.3) is 0 Å². The summed E-state index contributed by atoms with van der Waals surface area (Å²) in [6.07, 6.45) is 3.52. The molecule has 35 heavy (non-hydrogen) atoms. The molecule has 0 aliphatic carbocycles. The number of fused-ring (bicyclic) bond motifs is 2. The van der Waals surface area contributed by atoms with Crippen LogP contribution < -0.4 is 11.1 Å². The molecule has 0 aliphatic heterocycles. The molecule has 0 saturated heterocycles. The summed E-state index contributed by atoms with van der Waals surface area (Å²) >= 11 is 0. The lowest BCUT2D eigenvalue weighted by molar-refractivity contribution is -0.114. The van der Waals surface area contributed by atoms with Gasteiger partial charge in [0.15, 0.2) is 0 Å². The van der Waals surface area contributed by atoms with Gasteiger partial charge in [0.05, 0.1) is 22.1 Å². The normalized spacial score (nSPS) is 11.4. The number of imidazole rings is 3. The molecule has 0 atom stereocenters. The topological polar surface area (TPSA) is 141 Å². The van der Waals surface area contributed by atoms with Gasteiger partial charge in [0.1, 0.15) is 17.5 Å². The molecule has 0 bridgehead atoms. The number of aromatic amines is 3. The number of benzene rings is 3. The van der Waals surface area contributed by atoms with E-state index in [4.69, 9.17) is 15.7 Å². The highest BCUT2D eigenvalue weighted by molar-refractivity contribution is 5.96. The number of aryl methyl sites for hydroxylation is 1. The molecule has 0 spiro atoms. The van der Waals surface area contributed by atoms with Gasteiger partial charge >= 0.3 is 0 Å². The maximum atomic E-state index is 11.5. The van der Waals surface area contributed by atoms with E-state index < -0.39 is 0 Å². The van der Waals surface area contributed by atoms with Crippen LogP contribution in [0.2, 0.25) is 0 Å². The van der Waals surface area contributed by atoms with Gasteiger partial charge in [0.2, 0.25) is 5.91 Å². The third-order valence-corrected chi connectivity index (χ3v) is 5.84. The Bertz CT molecular complexity index is 1730. The molecule has 9 nitrogen and oxygen atoms in total. The van der Waals surface area contributed by atoms with Crippen LogP contribution in [0.5, 0.6) is 0 Å². The molecule has 3 aromatic carbocycles. The first-order valence-electron chi connectivity index (χ1n) is 11.1. The van der Waals surface area contributed by atoms with E-state index in [1.54, 1.807) is 12.4 Å². The van der Waals surface area contributed by atoms with Gasteiger partial charge in [0, 0.05) is 47.4 Å². The van der Waals surface area contributed by atoms with Crippen molar-refractivity contribution in [2.24, 2.45) is 0 Å². The van der Waals surface area contributed by atoms with Crippen LogP contribution in [0.3, 0.4) is 0 Å². The Hall–Kier alpha value is -4.92. The Morgan fingerprint density at radius 3 is 2.31 bits per heavy atom. The molecule has 1 amide bonds. The Morgan fingerprint density at radius 1 is 0.886 bits per heavy atom. The summed E-state index contributed by atoms with van der Waals surface area (Å²) < 4.78 is 0. The standard InChI is InChI=1S/C26H22N8O/c1-13-9-17(24-28-7-8-29-24)23(26-32-19-5-3-15(27)11-21(19)34-26)18(10-13)25-31-20-6-4-16(30-14(2)35)12-22(20)33-25/h3-12H,27H2,1-2H3,(H,28,29)(H,30,35)(H,31,33)(H,32,34). The van der Waals surface area contributed by atoms with Crippen molar-refractivity contribution in [1.29, 1.82) is 0 Å². The largest absolute Gasteiger partial charge is 0.399 e. The first kappa shape index (κ1) is 20.7. The number of amides is 1.